The number of aryl methyl sites for hydroxylation is 1. The summed E-state index contributed by atoms with van der Waals surface area (Å²) in [5.74, 6) is -0.692. The van der Waals surface area contributed by atoms with Gasteiger partial charge in [-0.05, 0) is 18.2 Å². The fourth-order valence-electron chi connectivity index (χ4n) is 2.62. The maximum absolute atomic E-state index is 12.5. The summed E-state index contributed by atoms with van der Waals surface area (Å²) in [6.07, 6.45) is 1.46. The van der Waals surface area contributed by atoms with Crippen LogP contribution < -0.4 is 16.4 Å². The summed E-state index contributed by atoms with van der Waals surface area (Å²) in [6.45, 7) is 0. The summed E-state index contributed by atoms with van der Waals surface area (Å²) in [4.78, 5) is 36.8. The summed E-state index contributed by atoms with van der Waals surface area (Å²) < 4.78 is 11.3. The maximum Gasteiger partial charge on any atom is 0.291 e. The van der Waals surface area contributed by atoms with Gasteiger partial charge in [-0.15, -0.1) is 0 Å². The van der Waals surface area contributed by atoms with Crippen LogP contribution in [0.3, 0.4) is 0 Å². The van der Waals surface area contributed by atoms with Crippen LogP contribution in [-0.2, 0) is 7.05 Å². The van der Waals surface area contributed by atoms with Gasteiger partial charge in [0.2, 0.25) is 5.76 Å². The molecule has 0 aliphatic rings. The van der Waals surface area contributed by atoms with E-state index in [4.69, 9.17) is 8.94 Å². The quantitative estimate of drug-likeness (QED) is 0.512. The van der Waals surface area contributed by atoms with Gasteiger partial charge in [-0.2, -0.15) is 5.10 Å². The number of furan rings is 1. The Balaban J connectivity index is 1.52. The molecule has 0 radical (unpaired) electrons. The summed E-state index contributed by atoms with van der Waals surface area (Å²) in [5, 5.41) is 8.34. The van der Waals surface area contributed by atoms with E-state index in [1.807, 2.05) is 0 Å². The number of fused-ring (bicyclic) bond motifs is 1. The van der Waals surface area contributed by atoms with E-state index in [1.165, 1.54) is 19.4 Å². The Bertz CT molecular complexity index is 1240. The van der Waals surface area contributed by atoms with Gasteiger partial charge in [0.1, 0.15) is 0 Å². The molecule has 0 atom stereocenters. The summed E-state index contributed by atoms with van der Waals surface area (Å²) >= 11 is 0. The molecule has 0 unspecified atom stereocenters. The van der Waals surface area contributed by atoms with Crippen LogP contribution in [0.15, 0.2) is 62.5 Å². The normalized spacial score (nSPS) is 10.8. The minimum absolute atomic E-state index is 0.00516. The lowest BCUT2D eigenvalue weighted by Crippen LogP contribution is -2.42. The Morgan fingerprint density at radius 1 is 1.00 bits per heavy atom. The largest absolute Gasteiger partial charge is 0.461 e. The number of rotatable bonds is 3. The zero-order valence-electron chi connectivity index (χ0n) is 14.5. The fourth-order valence-corrected chi connectivity index (χ4v) is 2.62. The minimum atomic E-state index is -0.691. The van der Waals surface area contributed by atoms with Crippen molar-refractivity contribution in [3.05, 3.63) is 70.5 Å². The molecule has 2 N–H and O–H groups in total. The van der Waals surface area contributed by atoms with Crippen LogP contribution >= 0.6 is 0 Å². The van der Waals surface area contributed by atoms with Crippen LogP contribution in [0.5, 0.6) is 0 Å². The number of hydrogen-bond acceptors (Lipinski definition) is 7. The monoisotopic (exact) mass is 379 g/mol. The van der Waals surface area contributed by atoms with Crippen molar-refractivity contribution < 1.29 is 18.5 Å². The van der Waals surface area contributed by atoms with Gasteiger partial charge in [0.15, 0.2) is 17.1 Å². The van der Waals surface area contributed by atoms with Gasteiger partial charge in [-0.3, -0.25) is 25.2 Å². The van der Waals surface area contributed by atoms with E-state index in [9.17, 15) is 14.4 Å². The third-order valence-electron chi connectivity index (χ3n) is 3.97. The van der Waals surface area contributed by atoms with Crippen LogP contribution in [0.2, 0.25) is 0 Å². The first-order valence-corrected chi connectivity index (χ1v) is 8.12. The van der Waals surface area contributed by atoms with Crippen LogP contribution in [-0.4, -0.2) is 26.8 Å². The van der Waals surface area contributed by atoms with Gasteiger partial charge in [0.25, 0.3) is 17.4 Å². The van der Waals surface area contributed by atoms with Crippen molar-refractivity contribution in [1.82, 2.24) is 25.8 Å². The van der Waals surface area contributed by atoms with Gasteiger partial charge in [0, 0.05) is 18.5 Å². The first-order valence-electron chi connectivity index (χ1n) is 8.12. The molecule has 4 rings (SSSR count). The molecular weight excluding hydrogens is 366 g/mol. The SMILES string of the molecule is Cn1nc(C(=O)NNC(=O)c2cc(-c3ccco3)on2)c2ccccc2c1=O. The molecule has 2 amide bonds. The van der Waals surface area contributed by atoms with E-state index in [2.05, 4.69) is 21.1 Å². The highest BCUT2D eigenvalue weighted by Crippen LogP contribution is 2.20. The Morgan fingerprint density at radius 3 is 2.50 bits per heavy atom. The highest BCUT2D eigenvalue weighted by atomic mass is 16.5. The lowest BCUT2D eigenvalue weighted by Gasteiger charge is -2.09. The molecule has 0 aliphatic heterocycles. The predicted molar refractivity (Wildman–Crippen MR) is 96.1 cm³/mol. The van der Waals surface area contributed by atoms with Gasteiger partial charge in [0.05, 0.1) is 11.6 Å². The third kappa shape index (κ3) is 3.03. The topological polar surface area (TPSA) is 132 Å². The number of hydrogen-bond donors (Lipinski definition) is 2. The van der Waals surface area contributed by atoms with Crippen LogP contribution in [0.1, 0.15) is 21.0 Å². The number of nitrogens with zero attached hydrogens (tertiary/aromatic N) is 3. The number of benzene rings is 1. The lowest BCUT2D eigenvalue weighted by atomic mass is 10.1. The van der Waals surface area contributed by atoms with Crippen LogP contribution in [0.25, 0.3) is 22.3 Å². The molecule has 28 heavy (non-hydrogen) atoms. The predicted octanol–water partition coefficient (Wildman–Crippen LogP) is 1.26. The second-order valence-corrected chi connectivity index (χ2v) is 5.78. The molecule has 0 bridgehead atoms. The van der Waals surface area contributed by atoms with Crippen molar-refractivity contribution in [2.45, 2.75) is 0 Å². The zero-order chi connectivity index (χ0) is 19.7. The molecule has 140 valence electrons. The maximum atomic E-state index is 12.5. The van der Waals surface area contributed by atoms with E-state index in [-0.39, 0.29) is 22.7 Å². The molecule has 0 spiro atoms. The first kappa shape index (κ1) is 17.2. The van der Waals surface area contributed by atoms with E-state index >= 15 is 0 Å². The molecule has 0 saturated carbocycles. The molecular formula is C18H13N5O5. The van der Waals surface area contributed by atoms with Gasteiger partial charge in [-0.1, -0.05) is 23.4 Å². The van der Waals surface area contributed by atoms with Crippen molar-refractivity contribution >= 4 is 22.6 Å². The van der Waals surface area contributed by atoms with Crippen LogP contribution in [0.4, 0.5) is 0 Å². The Kier molecular flexibility index (Phi) is 4.20. The average Bonchev–Trinajstić information content (AvgIpc) is 3.40. The smallest absolute Gasteiger partial charge is 0.291 e. The lowest BCUT2D eigenvalue weighted by molar-refractivity contribution is 0.0839. The summed E-state index contributed by atoms with van der Waals surface area (Å²) in [6, 6.07) is 11.3. The fraction of sp³-hybridized carbons (Fsp3) is 0.0556. The Labute approximate surface area is 156 Å². The number of nitrogens with one attached hydrogen (secondary N) is 2. The van der Waals surface area contributed by atoms with Crippen molar-refractivity contribution in [2.75, 3.05) is 0 Å². The summed E-state index contributed by atoms with van der Waals surface area (Å²) in [7, 11) is 1.44. The minimum Gasteiger partial charge on any atom is -0.461 e. The van der Waals surface area contributed by atoms with Gasteiger partial charge < -0.3 is 8.94 Å². The molecule has 0 aliphatic carbocycles. The van der Waals surface area contributed by atoms with E-state index in [0.717, 1.165) is 4.68 Å². The molecule has 10 heteroatoms. The molecule has 0 saturated heterocycles. The Morgan fingerprint density at radius 2 is 1.75 bits per heavy atom. The highest BCUT2D eigenvalue weighted by molar-refractivity contribution is 6.05. The number of aromatic nitrogens is 3. The second kappa shape index (κ2) is 6.83. The van der Waals surface area contributed by atoms with E-state index in [0.29, 0.717) is 16.5 Å². The van der Waals surface area contributed by atoms with Gasteiger partial charge >= 0.3 is 0 Å². The summed E-state index contributed by atoms with van der Waals surface area (Å²) in [5.41, 5.74) is 4.11. The second-order valence-electron chi connectivity index (χ2n) is 5.78. The van der Waals surface area contributed by atoms with Gasteiger partial charge in [-0.25, -0.2) is 4.68 Å². The van der Waals surface area contributed by atoms with Crippen molar-refractivity contribution in [2.24, 2.45) is 7.05 Å². The number of carbonyl (C=O) groups excluding carboxylic acids is 2. The van der Waals surface area contributed by atoms with Crippen molar-refractivity contribution in [1.29, 1.82) is 0 Å². The first-order chi connectivity index (χ1) is 13.5. The van der Waals surface area contributed by atoms with E-state index < -0.39 is 11.8 Å². The van der Waals surface area contributed by atoms with Crippen molar-refractivity contribution in [3.63, 3.8) is 0 Å². The highest BCUT2D eigenvalue weighted by Gasteiger charge is 2.19. The average molecular weight is 379 g/mol. The van der Waals surface area contributed by atoms with Crippen LogP contribution in [0, 0.1) is 0 Å². The number of amides is 2. The molecule has 4 aromatic rings. The molecule has 10 nitrogen and oxygen atoms in total. The number of carbonyl (C=O) groups is 2. The standard InChI is InChI=1S/C18H13N5O5/c1-23-18(26)11-6-3-2-5-10(11)15(21-23)17(25)20-19-16(24)12-9-14(28-22-12)13-7-4-8-27-13/h2-9H,1H3,(H,19,24)(H,20,25). The third-order valence-corrected chi connectivity index (χ3v) is 3.97. The Hall–Kier alpha value is -4.21. The van der Waals surface area contributed by atoms with E-state index in [1.54, 1.807) is 36.4 Å². The van der Waals surface area contributed by atoms with Crippen molar-refractivity contribution in [3.8, 4) is 11.5 Å². The zero-order valence-corrected chi connectivity index (χ0v) is 14.5. The molecule has 3 heterocycles. The molecule has 3 aromatic heterocycles. The number of hydrazine groups is 1. The molecule has 0 fully saturated rings. The molecule has 1 aromatic carbocycles.